The lowest BCUT2D eigenvalue weighted by Crippen LogP contribution is -2.50. The minimum Gasteiger partial charge on any atom is -0.465 e. The Kier molecular flexibility index (Phi) is 7.77. The van der Waals surface area contributed by atoms with Crippen molar-refractivity contribution in [2.75, 3.05) is 39.3 Å². The van der Waals surface area contributed by atoms with Crippen molar-refractivity contribution in [2.24, 2.45) is 0 Å². The van der Waals surface area contributed by atoms with Crippen LogP contribution in [0.1, 0.15) is 30.1 Å². The van der Waals surface area contributed by atoms with E-state index in [2.05, 4.69) is 4.74 Å². The van der Waals surface area contributed by atoms with Gasteiger partial charge < -0.3 is 14.4 Å². The Bertz CT molecular complexity index is 605. The van der Waals surface area contributed by atoms with Crippen molar-refractivity contribution in [3.8, 4) is 5.75 Å². The molecule has 0 spiro atoms. The number of rotatable bonds is 8. The molecular formula is C18H24F2N2O4. The largest absolute Gasteiger partial charge is 0.465 e. The van der Waals surface area contributed by atoms with Gasteiger partial charge in [-0.25, -0.2) is 0 Å². The maximum atomic E-state index is 12.6. The second-order valence-electron chi connectivity index (χ2n) is 6.02. The van der Waals surface area contributed by atoms with Crippen LogP contribution in [-0.2, 0) is 9.53 Å². The van der Waals surface area contributed by atoms with Crippen molar-refractivity contribution in [3.05, 3.63) is 29.8 Å². The average molecular weight is 370 g/mol. The van der Waals surface area contributed by atoms with E-state index in [1.807, 2.05) is 11.8 Å². The van der Waals surface area contributed by atoms with Gasteiger partial charge in [-0.1, -0.05) is 25.5 Å². The number of carbonyl (C=O) groups excluding carboxylic acids is 2. The maximum Gasteiger partial charge on any atom is 0.387 e. The van der Waals surface area contributed by atoms with Gasteiger partial charge in [0.15, 0.2) is 0 Å². The zero-order valence-corrected chi connectivity index (χ0v) is 14.8. The molecule has 1 aromatic rings. The average Bonchev–Trinajstić information content (AvgIpc) is 2.62. The van der Waals surface area contributed by atoms with Crippen molar-refractivity contribution < 1.29 is 27.8 Å². The third-order valence-electron chi connectivity index (χ3n) is 4.11. The molecule has 8 heteroatoms. The molecule has 0 radical (unpaired) electrons. The van der Waals surface area contributed by atoms with Crippen LogP contribution < -0.4 is 4.74 Å². The quantitative estimate of drug-likeness (QED) is 0.519. The SMILES string of the molecule is CCCCOC(=O)CN1CCN(C(=O)c2ccccc2OC(F)F)CC1. The molecule has 1 aromatic carbocycles. The number of benzene rings is 1. The van der Waals surface area contributed by atoms with E-state index in [1.165, 1.54) is 18.2 Å². The highest BCUT2D eigenvalue weighted by atomic mass is 19.3. The molecule has 0 unspecified atom stereocenters. The molecule has 1 aliphatic heterocycles. The summed E-state index contributed by atoms with van der Waals surface area (Å²) >= 11 is 0. The summed E-state index contributed by atoms with van der Waals surface area (Å²) in [6.45, 7) is 1.51. The third kappa shape index (κ3) is 5.94. The number of hydrogen-bond acceptors (Lipinski definition) is 5. The predicted octanol–water partition coefficient (Wildman–Crippen LogP) is 2.39. The first-order valence-corrected chi connectivity index (χ1v) is 8.72. The van der Waals surface area contributed by atoms with Gasteiger partial charge in [-0.05, 0) is 18.6 Å². The monoisotopic (exact) mass is 370 g/mol. The Labute approximate surface area is 151 Å². The topological polar surface area (TPSA) is 59.1 Å². The standard InChI is InChI=1S/C18H24F2N2O4/c1-2-3-12-25-16(23)13-21-8-10-22(11-9-21)17(24)14-6-4-5-7-15(14)26-18(19)20/h4-7,18H,2-3,8-13H2,1H3. The van der Waals surface area contributed by atoms with Crippen LogP contribution in [0.25, 0.3) is 0 Å². The van der Waals surface area contributed by atoms with Crippen LogP contribution >= 0.6 is 0 Å². The zero-order valence-electron chi connectivity index (χ0n) is 14.8. The van der Waals surface area contributed by atoms with E-state index in [0.29, 0.717) is 32.8 Å². The van der Waals surface area contributed by atoms with E-state index in [1.54, 1.807) is 11.0 Å². The van der Waals surface area contributed by atoms with E-state index in [9.17, 15) is 18.4 Å². The lowest BCUT2D eigenvalue weighted by molar-refractivity contribution is -0.145. The van der Waals surface area contributed by atoms with Gasteiger partial charge in [0.25, 0.3) is 5.91 Å². The fourth-order valence-electron chi connectivity index (χ4n) is 2.68. The molecular weight excluding hydrogens is 346 g/mol. The molecule has 1 saturated heterocycles. The molecule has 1 amide bonds. The number of alkyl halides is 2. The molecule has 2 rings (SSSR count). The first-order chi connectivity index (χ1) is 12.5. The van der Waals surface area contributed by atoms with Gasteiger partial charge in [0.1, 0.15) is 5.75 Å². The Hall–Kier alpha value is -2.22. The van der Waals surface area contributed by atoms with Crippen LogP contribution in [0, 0.1) is 0 Å². The maximum absolute atomic E-state index is 12.6. The number of para-hydroxylation sites is 1. The molecule has 1 heterocycles. The summed E-state index contributed by atoms with van der Waals surface area (Å²) in [7, 11) is 0. The normalized spacial score (nSPS) is 15.2. The number of ether oxygens (including phenoxy) is 2. The molecule has 0 saturated carbocycles. The molecule has 0 N–H and O–H groups in total. The van der Waals surface area contributed by atoms with E-state index in [-0.39, 0.29) is 29.7 Å². The van der Waals surface area contributed by atoms with Crippen LogP contribution in [0.5, 0.6) is 5.75 Å². The van der Waals surface area contributed by atoms with E-state index >= 15 is 0 Å². The number of piperazine rings is 1. The molecule has 26 heavy (non-hydrogen) atoms. The molecule has 0 aliphatic carbocycles. The first kappa shape index (κ1) is 20.1. The summed E-state index contributed by atoms with van der Waals surface area (Å²) in [4.78, 5) is 27.8. The molecule has 144 valence electrons. The summed E-state index contributed by atoms with van der Waals surface area (Å²) in [5.74, 6) is -0.755. The molecule has 1 aliphatic rings. The molecule has 6 nitrogen and oxygen atoms in total. The number of halogens is 2. The Morgan fingerprint density at radius 2 is 1.85 bits per heavy atom. The highest BCUT2D eigenvalue weighted by Gasteiger charge is 2.26. The van der Waals surface area contributed by atoms with Crippen molar-refractivity contribution in [1.82, 2.24) is 9.80 Å². The van der Waals surface area contributed by atoms with Gasteiger partial charge in [0.05, 0.1) is 18.7 Å². The van der Waals surface area contributed by atoms with E-state index < -0.39 is 6.61 Å². The van der Waals surface area contributed by atoms with Crippen LogP contribution in [-0.4, -0.2) is 67.6 Å². The van der Waals surface area contributed by atoms with E-state index in [4.69, 9.17) is 4.74 Å². The van der Waals surface area contributed by atoms with E-state index in [0.717, 1.165) is 12.8 Å². The van der Waals surface area contributed by atoms with Gasteiger partial charge in [0, 0.05) is 26.2 Å². The smallest absolute Gasteiger partial charge is 0.387 e. The fraction of sp³-hybridized carbons (Fsp3) is 0.556. The fourth-order valence-corrected chi connectivity index (χ4v) is 2.68. The number of unbranched alkanes of at least 4 members (excludes halogenated alkanes) is 1. The number of amides is 1. The number of carbonyl (C=O) groups is 2. The van der Waals surface area contributed by atoms with Crippen LogP contribution in [0.2, 0.25) is 0 Å². The number of hydrogen-bond donors (Lipinski definition) is 0. The van der Waals surface area contributed by atoms with Crippen molar-refractivity contribution in [3.63, 3.8) is 0 Å². The second-order valence-corrected chi connectivity index (χ2v) is 6.02. The summed E-state index contributed by atoms with van der Waals surface area (Å²) in [6, 6.07) is 5.96. The molecule has 0 atom stereocenters. The van der Waals surface area contributed by atoms with Crippen molar-refractivity contribution in [1.29, 1.82) is 0 Å². The minimum atomic E-state index is -2.99. The lowest BCUT2D eigenvalue weighted by atomic mass is 10.1. The van der Waals surface area contributed by atoms with Gasteiger partial charge in [-0.15, -0.1) is 0 Å². The van der Waals surface area contributed by atoms with Gasteiger partial charge >= 0.3 is 12.6 Å². The van der Waals surface area contributed by atoms with Crippen LogP contribution in [0.3, 0.4) is 0 Å². The van der Waals surface area contributed by atoms with Crippen LogP contribution in [0.4, 0.5) is 8.78 Å². The minimum absolute atomic E-state index is 0.111. The highest BCUT2D eigenvalue weighted by Crippen LogP contribution is 2.22. The van der Waals surface area contributed by atoms with Crippen LogP contribution in [0.15, 0.2) is 24.3 Å². The van der Waals surface area contributed by atoms with Crippen molar-refractivity contribution in [2.45, 2.75) is 26.4 Å². The number of esters is 1. The second kappa shape index (κ2) is 10.1. The summed E-state index contributed by atoms with van der Waals surface area (Å²) in [5, 5.41) is 0. The summed E-state index contributed by atoms with van der Waals surface area (Å²) in [6.07, 6.45) is 1.80. The predicted molar refractivity (Wildman–Crippen MR) is 91.3 cm³/mol. The van der Waals surface area contributed by atoms with Gasteiger partial charge in [-0.2, -0.15) is 8.78 Å². The molecule has 1 fully saturated rings. The summed E-state index contributed by atoms with van der Waals surface area (Å²) < 4.78 is 34.5. The Morgan fingerprint density at radius 1 is 1.15 bits per heavy atom. The van der Waals surface area contributed by atoms with Crippen molar-refractivity contribution >= 4 is 11.9 Å². The highest BCUT2D eigenvalue weighted by molar-refractivity contribution is 5.97. The number of nitrogens with zero attached hydrogens (tertiary/aromatic N) is 2. The molecule has 0 bridgehead atoms. The van der Waals surface area contributed by atoms with Gasteiger partial charge in [0.2, 0.25) is 0 Å². The lowest BCUT2D eigenvalue weighted by Gasteiger charge is -2.34. The Balaban J connectivity index is 1.86. The molecule has 0 aromatic heterocycles. The Morgan fingerprint density at radius 3 is 2.50 bits per heavy atom. The zero-order chi connectivity index (χ0) is 18.9. The third-order valence-corrected chi connectivity index (χ3v) is 4.11. The first-order valence-electron chi connectivity index (χ1n) is 8.72. The summed E-state index contributed by atoms with van der Waals surface area (Å²) in [5.41, 5.74) is 0.111. The van der Waals surface area contributed by atoms with Gasteiger partial charge in [-0.3, -0.25) is 14.5 Å².